The highest BCUT2D eigenvalue weighted by Crippen LogP contribution is 2.13. The van der Waals surface area contributed by atoms with E-state index in [1.54, 1.807) is 0 Å². The van der Waals surface area contributed by atoms with Crippen molar-refractivity contribution in [2.45, 2.75) is 96.8 Å². The number of carbonyl (C=O) groups is 1. The second-order valence-corrected chi connectivity index (χ2v) is 7.99. The molecule has 5 nitrogen and oxygen atoms in total. The van der Waals surface area contributed by atoms with Crippen LogP contribution in [0.2, 0.25) is 0 Å². The lowest BCUT2D eigenvalue weighted by Gasteiger charge is -2.28. The van der Waals surface area contributed by atoms with E-state index in [1.807, 2.05) is 0 Å². The highest BCUT2D eigenvalue weighted by atomic mass is 16.6. The molecule has 0 aromatic heterocycles. The van der Waals surface area contributed by atoms with Gasteiger partial charge in [0.1, 0.15) is 6.54 Å². The number of aliphatic hydroxyl groups is 1. The van der Waals surface area contributed by atoms with Gasteiger partial charge in [0.15, 0.2) is 0 Å². The average molecular weight is 377 g/mol. The molecule has 0 aliphatic carbocycles. The van der Waals surface area contributed by atoms with Gasteiger partial charge in [-0.25, -0.2) is 4.79 Å². The minimum absolute atomic E-state index is 0.311. The molecule has 158 valence electrons. The normalized spacial score (nSPS) is 11.1. The monoisotopic (exact) mass is 376 g/mol. The van der Waals surface area contributed by atoms with Crippen molar-refractivity contribution >= 4 is 6.16 Å². The van der Waals surface area contributed by atoms with E-state index in [0.29, 0.717) is 6.61 Å². The fraction of sp³-hybridized carbons (Fsp3) is 0.952. The summed E-state index contributed by atoms with van der Waals surface area (Å²) in [6.45, 7) is 4.69. The van der Waals surface area contributed by atoms with Crippen LogP contribution in [0.5, 0.6) is 0 Å². The molecule has 0 bridgehead atoms. The van der Waals surface area contributed by atoms with Crippen molar-refractivity contribution < 1.29 is 24.6 Å². The van der Waals surface area contributed by atoms with Crippen LogP contribution in [0.1, 0.15) is 96.8 Å². The van der Waals surface area contributed by atoms with Crippen LogP contribution in [0.3, 0.4) is 0 Å². The van der Waals surface area contributed by atoms with Crippen LogP contribution in [0.4, 0.5) is 4.79 Å². The van der Waals surface area contributed by atoms with Gasteiger partial charge >= 0.3 is 6.16 Å². The van der Waals surface area contributed by atoms with Gasteiger partial charge in [-0.2, -0.15) is 0 Å². The maximum atomic E-state index is 9.00. The molecule has 0 spiro atoms. The summed E-state index contributed by atoms with van der Waals surface area (Å²) in [4.78, 5) is 8.56. The van der Waals surface area contributed by atoms with Gasteiger partial charge in [0.2, 0.25) is 0 Å². The molecular formula is C21H46NO4+. The second kappa shape index (κ2) is 20.5. The summed E-state index contributed by atoms with van der Waals surface area (Å²) in [5.74, 6) is 0. The Bertz CT molecular complexity index is 292. The van der Waals surface area contributed by atoms with E-state index < -0.39 is 6.16 Å². The SMILES string of the molecule is CCCCCCCCCCCCCCCC[N+](C)(C)CCO.O=C(O)O. The van der Waals surface area contributed by atoms with Crippen LogP contribution >= 0.6 is 0 Å². The van der Waals surface area contributed by atoms with E-state index in [1.165, 1.54) is 96.4 Å². The van der Waals surface area contributed by atoms with Gasteiger partial charge in [0, 0.05) is 0 Å². The third kappa shape index (κ3) is 28.0. The minimum atomic E-state index is -1.83. The molecule has 0 saturated carbocycles. The summed E-state index contributed by atoms with van der Waals surface area (Å²) in [7, 11) is 4.44. The number of nitrogens with zero attached hydrogens (tertiary/aromatic N) is 1. The molecule has 0 aliphatic rings. The zero-order chi connectivity index (χ0) is 20.1. The predicted octanol–water partition coefficient (Wildman–Crippen LogP) is 5.76. The fourth-order valence-corrected chi connectivity index (χ4v) is 3.12. The average Bonchev–Trinajstić information content (AvgIpc) is 2.54. The molecule has 0 unspecified atom stereocenters. The number of likely N-dealkylation sites (N-methyl/N-ethyl adjacent to an activating group) is 1. The molecule has 0 rings (SSSR count). The summed E-state index contributed by atoms with van der Waals surface area (Å²) in [6, 6.07) is 0. The van der Waals surface area contributed by atoms with Crippen molar-refractivity contribution in [2.75, 3.05) is 33.8 Å². The first-order valence-corrected chi connectivity index (χ1v) is 10.7. The van der Waals surface area contributed by atoms with Gasteiger partial charge in [-0.05, 0) is 12.8 Å². The lowest BCUT2D eigenvalue weighted by molar-refractivity contribution is -0.890. The first kappa shape index (κ1) is 27.4. The molecule has 26 heavy (non-hydrogen) atoms. The van der Waals surface area contributed by atoms with E-state index in [2.05, 4.69) is 21.0 Å². The molecule has 3 N–H and O–H groups in total. The lowest BCUT2D eigenvalue weighted by Crippen LogP contribution is -2.42. The topological polar surface area (TPSA) is 77.8 Å². The molecular weight excluding hydrogens is 330 g/mol. The molecule has 0 atom stereocenters. The van der Waals surface area contributed by atoms with Crippen molar-refractivity contribution in [3.63, 3.8) is 0 Å². The van der Waals surface area contributed by atoms with Crippen molar-refractivity contribution in [3.05, 3.63) is 0 Å². The van der Waals surface area contributed by atoms with Gasteiger partial charge in [-0.15, -0.1) is 0 Å². The molecule has 0 heterocycles. The van der Waals surface area contributed by atoms with Gasteiger partial charge < -0.3 is 19.8 Å². The Hall–Kier alpha value is -0.810. The van der Waals surface area contributed by atoms with E-state index in [9.17, 15) is 0 Å². The molecule has 0 radical (unpaired) electrons. The van der Waals surface area contributed by atoms with E-state index in [0.717, 1.165) is 11.0 Å². The Morgan fingerprint density at radius 3 is 1.27 bits per heavy atom. The number of carboxylic acid groups (broad SMARTS) is 2. The summed E-state index contributed by atoms with van der Waals surface area (Å²) in [5, 5.41) is 22.9. The third-order valence-electron chi connectivity index (χ3n) is 4.82. The summed E-state index contributed by atoms with van der Waals surface area (Å²) >= 11 is 0. The van der Waals surface area contributed by atoms with Crippen LogP contribution in [-0.2, 0) is 0 Å². The Labute approximate surface area is 162 Å². The molecule has 0 aliphatic heterocycles. The highest BCUT2D eigenvalue weighted by Gasteiger charge is 2.12. The smallest absolute Gasteiger partial charge is 0.450 e. The lowest BCUT2D eigenvalue weighted by atomic mass is 10.0. The van der Waals surface area contributed by atoms with Crippen LogP contribution < -0.4 is 0 Å². The minimum Gasteiger partial charge on any atom is -0.450 e. The number of aliphatic hydroxyl groups excluding tert-OH is 1. The molecule has 5 heteroatoms. The zero-order valence-corrected chi connectivity index (χ0v) is 17.7. The van der Waals surface area contributed by atoms with E-state index >= 15 is 0 Å². The Morgan fingerprint density at radius 1 is 0.654 bits per heavy atom. The number of unbranched alkanes of at least 4 members (excludes halogenated alkanes) is 13. The predicted molar refractivity (Wildman–Crippen MR) is 110 cm³/mol. The quantitative estimate of drug-likeness (QED) is 0.223. The number of rotatable bonds is 17. The Morgan fingerprint density at radius 2 is 0.962 bits per heavy atom. The standard InChI is InChI=1S/C20H44NO.CH2O3/c1-4-5-6-7-8-9-10-11-12-13-14-15-16-17-18-21(2,3)19-20-22;2-1(3)4/h22H,4-20H2,1-3H3;(H2,2,3,4)/q+1;. The van der Waals surface area contributed by atoms with Gasteiger partial charge in [-0.1, -0.05) is 84.0 Å². The zero-order valence-electron chi connectivity index (χ0n) is 17.7. The van der Waals surface area contributed by atoms with Crippen molar-refractivity contribution in [2.24, 2.45) is 0 Å². The van der Waals surface area contributed by atoms with Crippen molar-refractivity contribution in [3.8, 4) is 0 Å². The summed E-state index contributed by atoms with van der Waals surface area (Å²) in [6.07, 6.45) is 18.1. The van der Waals surface area contributed by atoms with Crippen LogP contribution in [-0.4, -0.2) is 59.7 Å². The van der Waals surface area contributed by atoms with Gasteiger partial charge in [-0.3, -0.25) is 0 Å². The number of hydrogen-bond acceptors (Lipinski definition) is 2. The largest absolute Gasteiger partial charge is 0.503 e. The molecule has 0 aromatic rings. The maximum Gasteiger partial charge on any atom is 0.503 e. The van der Waals surface area contributed by atoms with Crippen molar-refractivity contribution in [1.82, 2.24) is 0 Å². The molecule has 0 saturated heterocycles. The Kier molecular flexibility index (Phi) is 21.6. The van der Waals surface area contributed by atoms with Crippen LogP contribution in [0.25, 0.3) is 0 Å². The summed E-state index contributed by atoms with van der Waals surface area (Å²) in [5.41, 5.74) is 0. The van der Waals surface area contributed by atoms with Gasteiger partial charge in [0.05, 0.1) is 27.2 Å². The number of quaternary nitrogens is 1. The van der Waals surface area contributed by atoms with Crippen LogP contribution in [0.15, 0.2) is 0 Å². The Balaban J connectivity index is 0. The molecule has 0 amide bonds. The van der Waals surface area contributed by atoms with Crippen LogP contribution in [0, 0.1) is 0 Å². The molecule has 0 fully saturated rings. The number of hydrogen-bond donors (Lipinski definition) is 3. The maximum absolute atomic E-state index is 9.00. The highest BCUT2D eigenvalue weighted by molar-refractivity contribution is 5.53. The fourth-order valence-electron chi connectivity index (χ4n) is 3.12. The molecule has 0 aromatic carbocycles. The first-order valence-electron chi connectivity index (χ1n) is 10.7. The van der Waals surface area contributed by atoms with Crippen molar-refractivity contribution in [1.29, 1.82) is 0 Å². The van der Waals surface area contributed by atoms with E-state index in [-0.39, 0.29) is 0 Å². The first-order chi connectivity index (χ1) is 12.4. The second-order valence-electron chi connectivity index (χ2n) is 7.99. The third-order valence-corrected chi connectivity index (χ3v) is 4.82. The summed E-state index contributed by atoms with van der Waals surface area (Å²) < 4.78 is 0.967. The van der Waals surface area contributed by atoms with E-state index in [4.69, 9.17) is 20.1 Å². The van der Waals surface area contributed by atoms with Gasteiger partial charge in [0.25, 0.3) is 0 Å².